The van der Waals surface area contributed by atoms with Crippen LogP contribution in [0.2, 0.25) is 0 Å². The standard InChI is InChI=1S/C22H18.C13H9NO.C13H11N.4C2H6/c1-3-7-19(8-4-1)11-13-21-15-17-22(18-16-21)14-12-20-9-5-2-6-10-20;1-2-6-10(7-3-1)13-14-11-8-4-5-9-12(11)15-13;1-14-12-8-4-2-6-10(12)11-7-3-5-9-13(11)14;4*1-2/h1-18H;1-9H;2-9H,1H3;4*1-2H3. The van der Waals surface area contributed by atoms with Crippen LogP contribution in [-0.2, 0) is 7.05 Å². The fourth-order valence-corrected chi connectivity index (χ4v) is 5.93. The maximum atomic E-state index is 5.64. The van der Waals surface area contributed by atoms with E-state index in [9.17, 15) is 0 Å². The molecule has 9 rings (SSSR count). The highest BCUT2D eigenvalue weighted by atomic mass is 16.3. The van der Waals surface area contributed by atoms with E-state index in [0.717, 1.165) is 16.7 Å². The molecule has 2 aromatic heterocycles. The summed E-state index contributed by atoms with van der Waals surface area (Å²) in [5, 5.41) is 2.68. The first-order chi connectivity index (χ1) is 29.2. The number of para-hydroxylation sites is 4. The first-order valence-corrected chi connectivity index (χ1v) is 21.1. The SMILES string of the molecule is C(=Cc1ccc(C=Cc2ccccc2)cc1)c1ccccc1.CC.CC.CC.CC.Cn1c2ccccc2c2ccccc21.c1ccc(-c2nc3ccccc3o2)cc1. The molecule has 0 aliphatic rings. The second-order valence-electron chi connectivity index (χ2n) is 12.1. The minimum Gasteiger partial charge on any atom is -0.436 e. The number of hydrogen-bond donors (Lipinski definition) is 0. The van der Waals surface area contributed by atoms with Crippen molar-refractivity contribution in [3.63, 3.8) is 0 Å². The van der Waals surface area contributed by atoms with E-state index in [1.54, 1.807) is 0 Å². The molecule has 2 heterocycles. The quantitative estimate of drug-likeness (QED) is 0.163. The highest BCUT2D eigenvalue weighted by molar-refractivity contribution is 6.07. The van der Waals surface area contributed by atoms with Crippen molar-refractivity contribution < 1.29 is 4.42 Å². The van der Waals surface area contributed by atoms with Gasteiger partial charge in [0.25, 0.3) is 0 Å². The second kappa shape index (κ2) is 27.0. The molecular formula is C56H62N2O. The van der Waals surface area contributed by atoms with Gasteiger partial charge in [-0.2, -0.15) is 0 Å². The summed E-state index contributed by atoms with van der Waals surface area (Å²) in [6.45, 7) is 16.0. The van der Waals surface area contributed by atoms with Gasteiger partial charge in [-0.15, -0.1) is 0 Å². The molecule has 0 radical (unpaired) electrons. The average molecular weight is 779 g/mol. The molecule has 0 fully saturated rings. The normalized spacial score (nSPS) is 9.98. The monoisotopic (exact) mass is 778 g/mol. The van der Waals surface area contributed by atoms with Crippen LogP contribution in [0.25, 0.3) is 68.7 Å². The third-order valence-electron chi connectivity index (χ3n) is 8.61. The van der Waals surface area contributed by atoms with Gasteiger partial charge in [-0.25, -0.2) is 4.98 Å². The van der Waals surface area contributed by atoms with Gasteiger partial charge in [0.15, 0.2) is 5.58 Å². The predicted octanol–water partition coefficient (Wildman–Crippen LogP) is 17.0. The summed E-state index contributed by atoms with van der Waals surface area (Å²) >= 11 is 0. The van der Waals surface area contributed by atoms with Gasteiger partial charge in [-0.3, -0.25) is 0 Å². The average Bonchev–Trinajstić information content (AvgIpc) is 3.91. The summed E-state index contributed by atoms with van der Waals surface area (Å²) in [7, 11) is 2.12. The number of rotatable bonds is 5. The van der Waals surface area contributed by atoms with E-state index in [1.807, 2.05) is 122 Å². The maximum Gasteiger partial charge on any atom is 0.227 e. The summed E-state index contributed by atoms with van der Waals surface area (Å²) in [6.07, 6.45) is 8.55. The van der Waals surface area contributed by atoms with Gasteiger partial charge in [-0.1, -0.05) is 231 Å². The molecule has 7 aromatic carbocycles. The van der Waals surface area contributed by atoms with Gasteiger partial charge < -0.3 is 8.98 Å². The molecule has 3 heteroatoms. The van der Waals surface area contributed by atoms with Gasteiger partial charge >= 0.3 is 0 Å². The Bertz CT molecular complexity index is 2350. The van der Waals surface area contributed by atoms with Crippen LogP contribution >= 0.6 is 0 Å². The number of fused-ring (bicyclic) bond motifs is 4. The molecule has 0 aliphatic heterocycles. The molecule has 3 nitrogen and oxygen atoms in total. The zero-order valence-electron chi connectivity index (χ0n) is 36.5. The number of aromatic nitrogens is 2. The molecule has 0 spiro atoms. The zero-order chi connectivity index (χ0) is 42.7. The van der Waals surface area contributed by atoms with Crippen LogP contribution < -0.4 is 0 Å². The first-order valence-electron chi connectivity index (χ1n) is 21.1. The summed E-state index contributed by atoms with van der Waals surface area (Å²) in [5.74, 6) is 0.678. The molecule has 0 saturated heterocycles. The van der Waals surface area contributed by atoms with Crippen molar-refractivity contribution in [1.82, 2.24) is 9.55 Å². The highest BCUT2D eigenvalue weighted by Crippen LogP contribution is 2.27. The summed E-state index contributed by atoms with van der Waals surface area (Å²) in [6, 6.07) is 64.0. The molecule has 9 aromatic rings. The Morgan fingerprint density at radius 2 is 0.712 bits per heavy atom. The fourth-order valence-electron chi connectivity index (χ4n) is 5.93. The zero-order valence-corrected chi connectivity index (χ0v) is 36.5. The molecule has 0 aliphatic carbocycles. The van der Waals surface area contributed by atoms with E-state index in [0.29, 0.717) is 5.89 Å². The Morgan fingerprint density at radius 3 is 1.14 bits per heavy atom. The van der Waals surface area contributed by atoms with E-state index in [-0.39, 0.29) is 0 Å². The number of benzene rings is 7. The summed E-state index contributed by atoms with van der Waals surface area (Å²) in [4.78, 5) is 4.42. The minimum atomic E-state index is 0.678. The van der Waals surface area contributed by atoms with Gasteiger partial charge in [-0.05, 0) is 58.7 Å². The van der Waals surface area contributed by atoms with E-state index >= 15 is 0 Å². The Morgan fingerprint density at radius 1 is 0.373 bits per heavy atom. The number of hydrogen-bond acceptors (Lipinski definition) is 2. The van der Waals surface area contributed by atoms with E-state index < -0.39 is 0 Å². The Kier molecular flexibility index (Phi) is 21.4. The molecule has 59 heavy (non-hydrogen) atoms. The predicted molar refractivity (Wildman–Crippen MR) is 262 cm³/mol. The van der Waals surface area contributed by atoms with Gasteiger partial charge in [0.2, 0.25) is 5.89 Å². The Balaban J connectivity index is 0.000000223. The molecule has 0 bridgehead atoms. The van der Waals surface area contributed by atoms with E-state index in [4.69, 9.17) is 4.42 Å². The van der Waals surface area contributed by atoms with Crippen LogP contribution in [0.15, 0.2) is 192 Å². The van der Waals surface area contributed by atoms with Crippen LogP contribution in [0.4, 0.5) is 0 Å². The number of oxazole rings is 1. The summed E-state index contributed by atoms with van der Waals surface area (Å²) in [5.41, 5.74) is 10.2. The Hall–Kier alpha value is -6.71. The van der Waals surface area contributed by atoms with Crippen LogP contribution in [0, 0.1) is 0 Å². The lowest BCUT2D eigenvalue weighted by Gasteiger charge is -1.97. The van der Waals surface area contributed by atoms with Crippen molar-refractivity contribution in [3.8, 4) is 11.5 Å². The second-order valence-corrected chi connectivity index (χ2v) is 12.1. The van der Waals surface area contributed by atoms with Crippen LogP contribution in [0.1, 0.15) is 77.6 Å². The van der Waals surface area contributed by atoms with E-state index in [2.05, 4.69) is 162 Å². The van der Waals surface area contributed by atoms with Crippen LogP contribution in [-0.4, -0.2) is 9.55 Å². The van der Waals surface area contributed by atoms with Crippen molar-refractivity contribution in [2.24, 2.45) is 7.05 Å². The lowest BCUT2D eigenvalue weighted by molar-refractivity contribution is 0.620. The largest absolute Gasteiger partial charge is 0.436 e. The van der Waals surface area contributed by atoms with Crippen molar-refractivity contribution in [3.05, 3.63) is 210 Å². The van der Waals surface area contributed by atoms with Gasteiger partial charge in [0, 0.05) is 34.4 Å². The fraction of sp³-hybridized carbons (Fsp3) is 0.161. The molecular weight excluding hydrogens is 717 g/mol. The van der Waals surface area contributed by atoms with Gasteiger partial charge in [0.05, 0.1) is 0 Å². The molecule has 0 saturated carbocycles. The minimum absolute atomic E-state index is 0.678. The van der Waals surface area contributed by atoms with E-state index in [1.165, 1.54) is 44.1 Å². The molecule has 0 amide bonds. The van der Waals surface area contributed by atoms with Crippen molar-refractivity contribution in [2.75, 3.05) is 0 Å². The molecule has 0 N–H and O–H groups in total. The first kappa shape index (κ1) is 46.7. The lowest BCUT2D eigenvalue weighted by atomic mass is 10.1. The topological polar surface area (TPSA) is 31.0 Å². The number of aryl methyl sites for hydroxylation is 1. The third-order valence-corrected chi connectivity index (χ3v) is 8.61. The Labute approximate surface area is 354 Å². The number of nitrogens with zero attached hydrogens (tertiary/aromatic N) is 2. The van der Waals surface area contributed by atoms with Crippen LogP contribution in [0.3, 0.4) is 0 Å². The van der Waals surface area contributed by atoms with Crippen LogP contribution in [0.5, 0.6) is 0 Å². The smallest absolute Gasteiger partial charge is 0.227 e. The van der Waals surface area contributed by atoms with Gasteiger partial charge in [0.1, 0.15) is 5.52 Å². The third kappa shape index (κ3) is 14.0. The van der Waals surface area contributed by atoms with Crippen molar-refractivity contribution in [2.45, 2.75) is 55.4 Å². The molecule has 0 atom stereocenters. The van der Waals surface area contributed by atoms with Crippen molar-refractivity contribution >= 4 is 57.2 Å². The molecule has 302 valence electrons. The molecule has 0 unspecified atom stereocenters. The maximum absolute atomic E-state index is 5.64. The summed E-state index contributed by atoms with van der Waals surface area (Å²) < 4.78 is 7.88. The highest BCUT2D eigenvalue weighted by Gasteiger charge is 2.06. The van der Waals surface area contributed by atoms with Crippen molar-refractivity contribution in [1.29, 1.82) is 0 Å². The lowest BCUT2D eigenvalue weighted by Crippen LogP contribution is -1.84.